The normalized spacial score (nSPS) is 12.4. The molecule has 1 N–H and O–H groups in total. The highest BCUT2D eigenvalue weighted by Crippen LogP contribution is 2.17. The molecule has 1 heterocycles. The summed E-state index contributed by atoms with van der Waals surface area (Å²) in [4.78, 5) is 0. The minimum atomic E-state index is 0.550. The summed E-state index contributed by atoms with van der Waals surface area (Å²) in [5, 5.41) is 3.44. The minimum absolute atomic E-state index is 0.550. The third-order valence-electron chi connectivity index (χ3n) is 2.72. The third kappa shape index (κ3) is 3.86. The lowest BCUT2D eigenvalue weighted by Gasteiger charge is -2.12. The summed E-state index contributed by atoms with van der Waals surface area (Å²) in [5.74, 6) is 1.54. The molecule has 0 aliphatic carbocycles. The van der Waals surface area contributed by atoms with Gasteiger partial charge >= 0.3 is 0 Å². The summed E-state index contributed by atoms with van der Waals surface area (Å²) >= 11 is 0. The molecule has 2 heteroatoms. The van der Waals surface area contributed by atoms with Crippen molar-refractivity contribution in [2.45, 2.75) is 34.1 Å². The average molecular weight is 221 g/mol. The summed E-state index contributed by atoms with van der Waals surface area (Å²) in [6.07, 6.45) is 5.09. The molecule has 1 rings (SSSR count). The van der Waals surface area contributed by atoms with E-state index >= 15 is 0 Å². The number of hydrogen-bond acceptors (Lipinski definition) is 2. The van der Waals surface area contributed by atoms with Crippen LogP contribution in [0.1, 0.15) is 38.5 Å². The van der Waals surface area contributed by atoms with Gasteiger partial charge in [-0.15, -0.1) is 0 Å². The fraction of sp³-hybridized carbons (Fsp3) is 0.571. The van der Waals surface area contributed by atoms with Gasteiger partial charge < -0.3 is 9.73 Å². The maximum absolute atomic E-state index is 5.45. The molecule has 0 radical (unpaired) electrons. The van der Waals surface area contributed by atoms with Gasteiger partial charge in [0.1, 0.15) is 5.76 Å². The Morgan fingerprint density at radius 1 is 1.50 bits per heavy atom. The summed E-state index contributed by atoms with van der Waals surface area (Å²) < 4.78 is 5.45. The zero-order valence-corrected chi connectivity index (χ0v) is 10.8. The molecule has 0 spiro atoms. The Bertz CT molecular complexity index is 336. The monoisotopic (exact) mass is 221 g/mol. The summed E-state index contributed by atoms with van der Waals surface area (Å²) in [7, 11) is 0. The fourth-order valence-corrected chi connectivity index (χ4v) is 1.53. The van der Waals surface area contributed by atoms with Gasteiger partial charge in [-0.05, 0) is 43.5 Å². The van der Waals surface area contributed by atoms with Crippen LogP contribution in [-0.4, -0.2) is 13.1 Å². The van der Waals surface area contributed by atoms with Crippen molar-refractivity contribution in [3.8, 4) is 0 Å². The van der Waals surface area contributed by atoms with Gasteiger partial charge in [-0.3, -0.25) is 0 Å². The second kappa shape index (κ2) is 6.54. The first kappa shape index (κ1) is 13.0. The largest absolute Gasteiger partial charge is 0.465 e. The van der Waals surface area contributed by atoms with Crippen molar-refractivity contribution < 1.29 is 4.42 Å². The first-order chi connectivity index (χ1) is 7.65. The molecule has 0 aromatic carbocycles. The maximum atomic E-state index is 5.45. The van der Waals surface area contributed by atoms with Gasteiger partial charge in [0.15, 0.2) is 0 Å². The number of aryl methyl sites for hydroxylation is 1. The second-order valence-electron chi connectivity index (χ2n) is 4.52. The lowest BCUT2D eigenvalue weighted by molar-refractivity contribution is 0.552. The molecule has 0 unspecified atom stereocenters. The molecule has 1 aromatic rings. The highest BCUT2D eigenvalue weighted by Gasteiger charge is 2.05. The average Bonchev–Trinajstić information content (AvgIpc) is 2.63. The van der Waals surface area contributed by atoms with E-state index in [9.17, 15) is 0 Å². The molecule has 0 aliphatic heterocycles. The summed E-state index contributed by atoms with van der Waals surface area (Å²) in [5.41, 5.74) is 2.60. The number of rotatable bonds is 6. The summed E-state index contributed by atoms with van der Waals surface area (Å²) in [6, 6.07) is 2.00. The van der Waals surface area contributed by atoms with Crippen molar-refractivity contribution in [3.63, 3.8) is 0 Å². The van der Waals surface area contributed by atoms with Crippen LogP contribution in [0.25, 0.3) is 6.08 Å². The summed E-state index contributed by atoms with van der Waals surface area (Å²) in [6.45, 7) is 10.7. The Morgan fingerprint density at radius 3 is 2.75 bits per heavy atom. The fourth-order valence-electron chi connectivity index (χ4n) is 1.53. The molecule has 1 aromatic heterocycles. The molecule has 0 saturated heterocycles. The molecule has 0 aliphatic rings. The van der Waals surface area contributed by atoms with Gasteiger partial charge in [0, 0.05) is 6.54 Å². The van der Waals surface area contributed by atoms with E-state index in [1.807, 2.05) is 6.07 Å². The zero-order chi connectivity index (χ0) is 12.0. The Balaban J connectivity index is 2.69. The van der Waals surface area contributed by atoms with Gasteiger partial charge in [-0.2, -0.15) is 0 Å². The van der Waals surface area contributed by atoms with Crippen LogP contribution in [0, 0.1) is 12.8 Å². The Hall–Kier alpha value is -1.02. The van der Waals surface area contributed by atoms with Gasteiger partial charge in [-0.25, -0.2) is 0 Å². The topological polar surface area (TPSA) is 25.2 Å². The van der Waals surface area contributed by atoms with Gasteiger partial charge in [-0.1, -0.05) is 26.3 Å². The first-order valence-electron chi connectivity index (χ1n) is 6.10. The molecular weight excluding hydrogens is 198 g/mol. The van der Waals surface area contributed by atoms with Gasteiger partial charge in [0.05, 0.1) is 6.26 Å². The van der Waals surface area contributed by atoms with E-state index < -0.39 is 0 Å². The van der Waals surface area contributed by atoms with E-state index in [2.05, 4.69) is 39.1 Å². The van der Waals surface area contributed by atoms with Crippen LogP contribution in [0.15, 0.2) is 22.3 Å². The highest BCUT2D eigenvalue weighted by atomic mass is 16.3. The molecule has 0 atom stereocenters. The SMILES string of the molecule is CCCNC/C(=C/c1occc1C)C(C)C. The first-order valence-corrected chi connectivity index (χ1v) is 6.10. The van der Waals surface area contributed by atoms with Crippen molar-refractivity contribution in [2.24, 2.45) is 5.92 Å². The minimum Gasteiger partial charge on any atom is -0.465 e. The van der Waals surface area contributed by atoms with Crippen LogP contribution in [0.3, 0.4) is 0 Å². The van der Waals surface area contributed by atoms with E-state index in [1.165, 1.54) is 17.6 Å². The van der Waals surface area contributed by atoms with Crippen molar-refractivity contribution in [3.05, 3.63) is 29.2 Å². The molecule has 2 nitrogen and oxygen atoms in total. The Morgan fingerprint density at radius 2 is 2.25 bits per heavy atom. The highest BCUT2D eigenvalue weighted by molar-refractivity contribution is 5.51. The molecule has 0 saturated carbocycles. The molecule has 0 fully saturated rings. The lowest BCUT2D eigenvalue weighted by atomic mass is 10.0. The van der Waals surface area contributed by atoms with Gasteiger partial charge in [0.2, 0.25) is 0 Å². The molecule has 90 valence electrons. The zero-order valence-electron chi connectivity index (χ0n) is 10.8. The van der Waals surface area contributed by atoms with Crippen LogP contribution in [0.4, 0.5) is 0 Å². The van der Waals surface area contributed by atoms with Crippen LogP contribution in [0.2, 0.25) is 0 Å². The second-order valence-corrected chi connectivity index (χ2v) is 4.52. The van der Waals surface area contributed by atoms with Gasteiger partial charge in [0.25, 0.3) is 0 Å². The molecule has 0 amide bonds. The van der Waals surface area contributed by atoms with E-state index in [0.717, 1.165) is 18.8 Å². The Kier molecular flexibility index (Phi) is 5.33. The molecule has 0 bridgehead atoms. The van der Waals surface area contributed by atoms with Crippen molar-refractivity contribution in [2.75, 3.05) is 13.1 Å². The quantitative estimate of drug-likeness (QED) is 0.742. The number of nitrogens with one attached hydrogen (secondary N) is 1. The van der Waals surface area contributed by atoms with E-state index in [4.69, 9.17) is 4.42 Å². The predicted octanol–water partition coefficient (Wildman–Crippen LogP) is 3.63. The van der Waals surface area contributed by atoms with E-state index in [0.29, 0.717) is 5.92 Å². The standard InChI is InChI=1S/C14H23NO/c1-5-7-15-10-13(11(2)3)9-14-12(4)6-8-16-14/h6,8-9,11,15H,5,7,10H2,1-4H3/b13-9-. The van der Waals surface area contributed by atoms with Crippen molar-refractivity contribution in [1.82, 2.24) is 5.32 Å². The van der Waals surface area contributed by atoms with Crippen molar-refractivity contribution >= 4 is 6.08 Å². The molecule has 16 heavy (non-hydrogen) atoms. The molecular formula is C14H23NO. The number of hydrogen-bond donors (Lipinski definition) is 1. The van der Waals surface area contributed by atoms with Crippen LogP contribution < -0.4 is 5.32 Å². The van der Waals surface area contributed by atoms with Crippen LogP contribution >= 0.6 is 0 Å². The lowest BCUT2D eigenvalue weighted by Crippen LogP contribution is -2.19. The number of furan rings is 1. The van der Waals surface area contributed by atoms with E-state index in [-0.39, 0.29) is 0 Å². The Labute approximate surface area is 98.7 Å². The van der Waals surface area contributed by atoms with Crippen LogP contribution in [-0.2, 0) is 0 Å². The van der Waals surface area contributed by atoms with Crippen molar-refractivity contribution in [1.29, 1.82) is 0 Å². The maximum Gasteiger partial charge on any atom is 0.129 e. The van der Waals surface area contributed by atoms with E-state index in [1.54, 1.807) is 6.26 Å². The smallest absolute Gasteiger partial charge is 0.129 e. The third-order valence-corrected chi connectivity index (χ3v) is 2.72. The van der Waals surface area contributed by atoms with Crippen LogP contribution in [0.5, 0.6) is 0 Å². The predicted molar refractivity (Wildman–Crippen MR) is 69.4 cm³/mol.